The first-order valence-corrected chi connectivity index (χ1v) is 6.30. The van der Waals surface area contributed by atoms with Crippen LogP contribution in [0.1, 0.15) is 11.5 Å². The van der Waals surface area contributed by atoms with Crippen molar-refractivity contribution in [2.75, 3.05) is 39.8 Å². The normalized spacial score (nSPS) is 21.0. The van der Waals surface area contributed by atoms with Gasteiger partial charge in [-0.05, 0) is 26.1 Å². The van der Waals surface area contributed by atoms with Gasteiger partial charge in [-0.25, -0.2) is 0 Å². The smallest absolute Gasteiger partial charge is 0.105 e. The molecule has 0 amide bonds. The molecule has 1 aliphatic rings. The Morgan fingerprint density at radius 3 is 3.00 bits per heavy atom. The van der Waals surface area contributed by atoms with Gasteiger partial charge in [-0.1, -0.05) is 0 Å². The van der Waals surface area contributed by atoms with Crippen LogP contribution in [0.3, 0.4) is 0 Å². The molecule has 0 radical (unpaired) electrons. The second kappa shape index (κ2) is 6.19. The third-order valence-electron chi connectivity index (χ3n) is 3.06. The Bertz CT molecular complexity index is 332. The predicted molar refractivity (Wildman–Crippen MR) is 67.3 cm³/mol. The number of nitrogens with one attached hydrogen (secondary N) is 1. The van der Waals surface area contributed by atoms with Crippen LogP contribution in [-0.2, 0) is 11.2 Å². The van der Waals surface area contributed by atoms with Crippen LogP contribution in [0.25, 0.3) is 0 Å². The zero-order valence-corrected chi connectivity index (χ0v) is 10.7. The summed E-state index contributed by atoms with van der Waals surface area (Å²) in [6.07, 6.45) is 1.29. The van der Waals surface area contributed by atoms with Crippen LogP contribution in [0, 0.1) is 6.92 Å². The van der Waals surface area contributed by atoms with Gasteiger partial charge in [-0.3, -0.25) is 0 Å². The highest BCUT2D eigenvalue weighted by molar-refractivity contribution is 5.05. The van der Waals surface area contributed by atoms with Crippen LogP contribution >= 0.6 is 0 Å². The standard InChI is InChI=1S/C13H22N2O2/c1-11-3-4-12(17-11)5-7-15(2)10-13-9-14-6-8-16-13/h3-4,13-14H,5-10H2,1-2H3. The van der Waals surface area contributed by atoms with Crippen LogP contribution < -0.4 is 5.32 Å². The molecule has 0 bridgehead atoms. The minimum absolute atomic E-state index is 0.326. The molecule has 0 spiro atoms. The molecule has 1 unspecified atom stereocenters. The van der Waals surface area contributed by atoms with Crippen molar-refractivity contribution in [3.8, 4) is 0 Å². The van der Waals surface area contributed by atoms with Gasteiger partial charge in [-0.15, -0.1) is 0 Å². The number of aryl methyl sites for hydroxylation is 1. The number of ether oxygens (including phenoxy) is 1. The molecule has 4 nitrogen and oxygen atoms in total. The maximum absolute atomic E-state index is 5.68. The van der Waals surface area contributed by atoms with Crippen molar-refractivity contribution in [1.29, 1.82) is 0 Å². The first-order valence-electron chi connectivity index (χ1n) is 6.30. The van der Waals surface area contributed by atoms with Crippen molar-refractivity contribution in [2.24, 2.45) is 0 Å². The van der Waals surface area contributed by atoms with Crippen molar-refractivity contribution in [1.82, 2.24) is 10.2 Å². The quantitative estimate of drug-likeness (QED) is 0.832. The van der Waals surface area contributed by atoms with E-state index in [1.165, 1.54) is 0 Å². The Labute approximate surface area is 103 Å². The number of hydrogen-bond acceptors (Lipinski definition) is 4. The summed E-state index contributed by atoms with van der Waals surface area (Å²) in [5, 5.41) is 3.35. The van der Waals surface area contributed by atoms with E-state index in [0.29, 0.717) is 6.10 Å². The van der Waals surface area contributed by atoms with E-state index >= 15 is 0 Å². The van der Waals surface area contributed by atoms with Crippen molar-refractivity contribution in [3.63, 3.8) is 0 Å². The molecule has 0 saturated carbocycles. The van der Waals surface area contributed by atoms with Gasteiger partial charge in [0.25, 0.3) is 0 Å². The second-order valence-corrected chi connectivity index (χ2v) is 4.72. The Kier molecular flexibility index (Phi) is 4.59. The summed E-state index contributed by atoms with van der Waals surface area (Å²) in [6.45, 7) is 6.74. The van der Waals surface area contributed by atoms with Crippen molar-refractivity contribution in [2.45, 2.75) is 19.4 Å². The molecule has 1 saturated heterocycles. The van der Waals surface area contributed by atoms with Gasteiger partial charge in [0.15, 0.2) is 0 Å². The third-order valence-corrected chi connectivity index (χ3v) is 3.06. The average Bonchev–Trinajstić information content (AvgIpc) is 2.74. The van der Waals surface area contributed by atoms with E-state index in [-0.39, 0.29) is 0 Å². The van der Waals surface area contributed by atoms with Crippen molar-refractivity contribution < 1.29 is 9.15 Å². The van der Waals surface area contributed by atoms with Gasteiger partial charge >= 0.3 is 0 Å². The minimum atomic E-state index is 0.326. The fourth-order valence-corrected chi connectivity index (χ4v) is 2.10. The number of furan rings is 1. The molecule has 1 fully saturated rings. The highest BCUT2D eigenvalue weighted by Gasteiger charge is 2.15. The lowest BCUT2D eigenvalue weighted by atomic mass is 10.2. The lowest BCUT2D eigenvalue weighted by molar-refractivity contribution is 0.0101. The Morgan fingerprint density at radius 2 is 2.35 bits per heavy atom. The number of rotatable bonds is 5. The lowest BCUT2D eigenvalue weighted by Gasteiger charge is -2.27. The summed E-state index contributed by atoms with van der Waals surface area (Å²) in [5.74, 6) is 2.06. The minimum Gasteiger partial charge on any atom is -0.466 e. The van der Waals surface area contributed by atoms with Gasteiger partial charge in [0, 0.05) is 32.6 Å². The summed E-state index contributed by atoms with van der Waals surface area (Å²) in [4.78, 5) is 2.30. The van der Waals surface area contributed by atoms with E-state index in [9.17, 15) is 0 Å². The number of hydrogen-bond donors (Lipinski definition) is 1. The molecule has 96 valence electrons. The highest BCUT2D eigenvalue weighted by atomic mass is 16.5. The Hall–Kier alpha value is -0.840. The van der Waals surface area contributed by atoms with Crippen LogP contribution in [0.15, 0.2) is 16.5 Å². The SMILES string of the molecule is Cc1ccc(CCN(C)CC2CNCCO2)o1. The number of morpholine rings is 1. The van der Waals surface area contributed by atoms with E-state index in [0.717, 1.165) is 50.7 Å². The summed E-state index contributed by atoms with van der Waals surface area (Å²) in [6, 6.07) is 4.07. The zero-order valence-electron chi connectivity index (χ0n) is 10.7. The maximum Gasteiger partial charge on any atom is 0.105 e. The Morgan fingerprint density at radius 1 is 1.47 bits per heavy atom. The molecule has 0 aliphatic carbocycles. The Balaban J connectivity index is 1.68. The van der Waals surface area contributed by atoms with Crippen LogP contribution in [0.2, 0.25) is 0 Å². The van der Waals surface area contributed by atoms with Crippen LogP contribution in [0.4, 0.5) is 0 Å². The van der Waals surface area contributed by atoms with Gasteiger partial charge < -0.3 is 19.4 Å². The predicted octanol–water partition coefficient (Wildman–Crippen LogP) is 1.05. The first kappa shape index (κ1) is 12.6. The highest BCUT2D eigenvalue weighted by Crippen LogP contribution is 2.07. The number of likely N-dealkylation sites (N-methyl/N-ethyl adjacent to an activating group) is 1. The molecule has 0 aromatic carbocycles. The van der Waals surface area contributed by atoms with Crippen molar-refractivity contribution >= 4 is 0 Å². The number of nitrogens with zero attached hydrogens (tertiary/aromatic N) is 1. The van der Waals surface area contributed by atoms with E-state index in [4.69, 9.17) is 9.15 Å². The van der Waals surface area contributed by atoms with Crippen molar-refractivity contribution in [3.05, 3.63) is 23.7 Å². The first-order chi connectivity index (χ1) is 8.24. The van der Waals surface area contributed by atoms with Gasteiger partial charge in [0.2, 0.25) is 0 Å². The molecular weight excluding hydrogens is 216 g/mol. The fraction of sp³-hybridized carbons (Fsp3) is 0.692. The summed E-state index contributed by atoms with van der Waals surface area (Å²) in [7, 11) is 2.13. The molecule has 1 aliphatic heterocycles. The average molecular weight is 238 g/mol. The monoisotopic (exact) mass is 238 g/mol. The molecule has 2 heterocycles. The van der Waals surface area contributed by atoms with E-state index in [1.807, 2.05) is 13.0 Å². The third kappa shape index (κ3) is 4.15. The lowest BCUT2D eigenvalue weighted by Crippen LogP contribution is -2.44. The molecule has 1 N–H and O–H groups in total. The zero-order chi connectivity index (χ0) is 12.1. The molecule has 1 aromatic heterocycles. The second-order valence-electron chi connectivity index (χ2n) is 4.72. The molecule has 1 aromatic rings. The molecule has 17 heavy (non-hydrogen) atoms. The maximum atomic E-state index is 5.68. The van der Waals surface area contributed by atoms with Crippen LogP contribution in [-0.4, -0.2) is 50.8 Å². The largest absolute Gasteiger partial charge is 0.466 e. The van der Waals surface area contributed by atoms with Crippen LogP contribution in [0.5, 0.6) is 0 Å². The topological polar surface area (TPSA) is 37.6 Å². The van der Waals surface area contributed by atoms with E-state index in [2.05, 4.69) is 23.3 Å². The molecular formula is C13H22N2O2. The summed E-state index contributed by atoms with van der Waals surface area (Å²) < 4.78 is 11.2. The summed E-state index contributed by atoms with van der Waals surface area (Å²) in [5.41, 5.74) is 0. The van der Waals surface area contributed by atoms with Gasteiger partial charge in [0.05, 0.1) is 12.7 Å². The van der Waals surface area contributed by atoms with Gasteiger partial charge in [-0.2, -0.15) is 0 Å². The van der Waals surface area contributed by atoms with Gasteiger partial charge in [0.1, 0.15) is 11.5 Å². The molecule has 2 rings (SSSR count). The summed E-state index contributed by atoms with van der Waals surface area (Å²) >= 11 is 0. The molecule has 1 atom stereocenters. The molecule has 4 heteroatoms. The van der Waals surface area contributed by atoms with E-state index in [1.54, 1.807) is 0 Å². The fourth-order valence-electron chi connectivity index (χ4n) is 2.10. The van der Waals surface area contributed by atoms with E-state index < -0.39 is 0 Å².